The molecule has 0 bridgehead atoms. The highest BCUT2D eigenvalue weighted by Gasteiger charge is 2.22. The first-order chi connectivity index (χ1) is 13.3. The lowest BCUT2D eigenvalue weighted by atomic mass is 10.1. The molecule has 0 saturated carbocycles. The number of amides is 2. The van der Waals surface area contributed by atoms with Crippen molar-refractivity contribution in [3.8, 4) is 11.4 Å². The summed E-state index contributed by atoms with van der Waals surface area (Å²) in [5.41, 5.74) is 2.33. The summed E-state index contributed by atoms with van der Waals surface area (Å²) >= 11 is 0. The number of aromatic nitrogens is 2. The van der Waals surface area contributed by atoms with E-state index in [2.05, 4.69) is 15.6 Å². The van der Waals surface area contributed by atoms with E-state index in [1.807, 2.05) is 25.3 Å². The standard InChI is InChI=1S/C21H23FN4O2/c1-5-26-19-16(21(28)23-12(2)3)10-14(24-13(4)27)11-18(19)25-20(26)15-8-6-7-9-17(15)22/h6-12H,5H2,1-4H3,(H,23,28)(H,24,27). The minimum atomic E-state index is -0.386. The summed E-state index contributed by atoms with van der Waals surface area (Å²) in [6.07, 6.45) is 0. The van der Waals surface area contributed by atoms with E-state index in [1.54, 1.807) is 30.3 Å². The van der Waals surface area contributed by atoms with Crippen LogP contribution in [0.2, 0.25) is 0 Å². The first kappa shape index (κ1) is 19.5. The van der Waals surface area contributed by atoms with E-state index in [-0.39, 0.29) is 23.7 Å². The van der Waals surface area contributed by atoms with Crippen LogP contribution < -0.4 is 10.6 Å². The number of hydrogen-bond acceptors (Lipinski definition) is 3. The Hall–Kier alpha value is -3.22. The van der Waals surface area contributed by atoms with E-state index in [9.17, 15) is 14.0 Å². The fourth-order valence-electron chi connectivity index (χ4n) is 3.21. The number of anilines is 1. The lowest BCUT2D eigenvalue weighted by molar-refractivity contribution is -0.114. The van der Waals surface area contributed by atoms with Gasteiger partial charge in [-0.2, -0.15) is 0 Å². The number of fused-ring (bicyclic) bond motifs is 1. The van der Waals surface area contributed by atoms with Gasteiger partial charge in [-0.3, -0.25) is 9.59 Å². The SMILES string of the molecule is CCn1c(-c2ccccc2F)nc2cc(NC(C)=O)cc(C(=O)NC(C)C)c21. The molecule has 2 aromatic carbocycles. The Labute approximate surface area is 162 Å². The summed E-state index contributed by atoms with van der Waals surface area (Å²) in [5.74, 6) is -0.474. The average molecular weight is 382 g/mol. The van der Waals surface area contributed by atoms with E-state index in [4.69, 9.17) is 0 Å². The second-order valence-corrected chi connectivity index (χ2v) is 6.86. The number of aryl methyl sites for hydroxylation is 1. The van der Waals surface area contributed by atoms with Gasteiger partial charge in [0.05, 0.1) is 22.2 Å². The molecule has 28 heavy (non-hydrogen) atoms. The smallest absolute Gasteiger partial charge is 0.253 e. The van der Waals surface area contributed by atoms with Gasteiger partial charge in [0, 0.05) is 25.2 Å². The zero-order chi connectivity index (χ0) is 20.4. The lowest BCUT2D eigenvalue weighted by Crippen LogP contribution is -2.30. The number of hydrogen-bond donors (Lipinski definition) is 2. The van der Waals surface area contributed by atoms with Crippen molar-refractivity contribution in [2.24, 2.45) is 0 Å². The molecular weight excluding hydrogens is 359 g/mol. The maximum atomic E-state index is 14.4. The van der Waals surface area contributed by atoms with Gasteiger partial charge in [0.25, 0.3) is 5.91 Å². The van der Waals surface area contributed by atoms with Crippen molar-refractivity contribution >= 4 is 28.5 Å². The van der Waals surface area contributed by atoms with Gasteiger partial charge in [-0.25, -0.2) is 9.37 Å². The number of carbonyl (C=O) groups is 2. The van der Waals surface area contributed by atoms with Crippen LogP contribution in [0.4, 0.5) is 10.1 Å². The monoisotopic (exact) mass is 382 g/mol. The molecule has 2 amide bonds. The van der Waals surface area contributed by atoms with Crippen molar-refractivity contribution < 1.29 is 14.0 Å². The molecule has 0 aliphatic rings. The first-order valence-electron chi connectivity index (χ1n) is 9.19. The van der Waals surface area contributed by atoms with Crippen molar-refractivity contribution in [1.29, 1.82) is 0 Å². The van der Waals surface area contributed by atoms with Crippen molar-refractivity contribution in [2.75, 3.05) is 5.32 Å². The molecule has 0 unspecified atom stereocenters. The zero-order valence-electron chi connectivity index (χ0n) is 16.3. The van der Waals surface area contributed by atoms with Gasteiger partial charge in [0.15, 0.2) is 0 Å². The molecule has 0 saturated heterocycles. The minimum Gasteiger partial charge on any atom is -0.350 e. The maximum absolute atomic E-state index is 14.4. The number of imidazole rings is 1. The van der Waals surface area contributed by atoms with Gasteiger partial charge in [0.2, 0.25) is 5.91 Å². The Bertz CT molecular complexity index is 1060. The number of rotatable bonds is 5. The molecule has 0 aliphatic heterocycles. The molecule has 7 heteroatoms. The predicted octanol–water partition coefficient (Wildman–Crippen LogP) is 3.96. The van der Waals surface area contributed by atoms with Crippen molar-refractivity contribution in [2.45, 2.75) is 40.3 Å². The third-order valence-electron chi connectivity index (χ3n) is 4.26. The Kier molecular flexibility index (Phi) is 5.44. The average Bonchev–Trinajstić information content (AvgIpc) is 2.98. The molecule has 0 aliphatic carbocycles. The second kappa shape index (κ2) is 7.80. The van der Waals surface area contributed by atoms with E-state index < -0.39 is 0 Å². The van der Waals surface area contributed by atoms with Crippen LogP contribution in [0.3, 0.4) is 0 Å². The van der Waals surface area contributed by atoms with E-state index >= 15 is 0 Å². The lowest BCUT2D eigenvalue weighted by Gasteiger charge is -2.13. The number of carbonyl (C=O) groups excluding carboxylic acids is 2. The number of nitrogens with one attached hydrogen (secondary N) is 2. The molecule has 0 atom stereocenters. The molecule has 2 N–H and O–H groups in total. The first-order valence-corrected chi connectivity index (χ1v) is 9.19. The number of halogens is 1. The second-order valence-electron chi connectivity index (χ2n) is 6.86. The highest BCUT2D eigenvalue weighted by Crippen LogP contribution is 2.31. The molecule has 3 rings (SSSR count). The normalized spacial score (nSPS) is 11.1. The molecule has 1 heterocycles. The fraction of sp³-hybridized carbons (Fsp3) is 0.286. The highest BCUT2D eigenvalue weighted by atomic mass is 19.1. The van der Waals surface area contributed by atoms with Gasteiger partial charge < -0.3 is 15.2 Å². The van der Waals surface area contributed by atoms with Crippen LogP contribution in [-0.2, 0) is 11.3 Å². The number of nitrogens with zero attached hydrogens (tertiary/aromatic N) is 2. The quantitative estimate of drug-likeness (QED) is 0.701. The third kappa shape index (κ3) is 3.74. The summed E-state index contributed by atoms with van der Waals surface area (Å²) in [5, 5.41) is 5.58. The summed E-state index contributed by atoms with van der Waals surface area (Å²) in [6, 6.07) is 9.66. The maximum Gasteiger partial charge on any atom is 0.253 e. The van der Waals surface area contributed by atoms with Crippen LogP contribution in [-0.4, -0.2) is 27.4 Å². The fourth-order valence-corrected chi connectivity index (χ4v) is 3.21. The largest absolute Gasteiger partial charge is 0.350 e. The summed E-state index contributed by atoms with van der Waals surface area (Å²) in [7, 11) is 0. The van der Waals surface area contributed by atoms with E-state index in [1.165, 1.54) is 13.0 Å². The summed E-state index contributed by atoms with van der Waals surface area (Å²) < 4.78 is 16.2. The van der Waals surface area contributed by atoms with E-state index in [0.717, 1.165) is 0 Å². The van der Waals surface area contributed by atoms with Gasteiger partial charge in [-0.15, -0.1) is 0 Å². The molecule has 146 valence electrons. The molecule has 0 radical (unpaired) electrons. The molecule has 0 spiro atoms. The Balaban J connectivity index is 2.31. The number of benzene rings is 2. The predicted molar refractivity (Wildman–Crippen MR) is 108 cm³/mol. The van der Waals surface area contributed by atoms with Gasteiger partial charge in [-0.1, -0.05) is 12.1 Å². The molecule has 1 aromatic heterocycles. The van der Waals surface area contributed by atoms with Gasteiger partial charge in [0.1, 0.15) is 11.6 Å². The van der Waals surface area contributed by atoms with Gasteiger partial charge in [-0.05, 0) is 45.0 Å². The van der Waals surface area contributed by atoms with Gasteiger partial charge >= 0.3 is 0 Å². The van der Waals surface area contributed by atoms with Crippen LogP contribution >= 0.6 is 0 Å². The zero-order valence-corrected chi connectivity index (χ0v) is 16.3. The molecule has 6 nitrogen and oxygen atoms in total. The van der Waals surface area contributed by atoms with E-state index in [0.29, 0.717) is 40.2 Å². The third-order valence-corrected chi connectivity index (χ3v) is 4.26. The topological polar surface area (TPSA) is 76.0 Å². The Morgan fingerprint density at radius 3 is 2.54 bits per heavy atom. The Morgan fingerprint density at radius 1 is 1.21 bits per heavy atom. The van der Waals surface area contributed by atoms with Crippen molar-refractivity contribution in [3.05, 3.63) is 47.8 Å². The minimum absolute atomic E-state index is 0.0593. The molecule has 0 fully saturated rings. The Morgan fingerprint density at radius 2 is 1.93 bits per heavy atom. The summed E-state index contributed by atoms with van der Waals surface area (Å²) in [4.78, 5) is 29.0. The van der Waals surface area contributed by atoms with Crippen LogP contribution in [0.25, 0.3) is 22.4 Å². The van der Waals surface area contributed by atoms with Crippen LogP contribution in [0.15, 0.2) is 36.4 Å². The summed E-state index contributed by atoms with van der Waals surface area (Å²) in [6.45, 7) is 7.55. The molecule has 3 aromatic rings. The van der Waals surface area contributed by atoms with Crippen molar-refractivity contribution in [3.63, 3.8) is 0 Å². The molecular formula is C21H23FN4O2. The van der Waals surface area contributed by atoms with Crippen molar-refractivity contribution in [1.82, 2.24) is 14.9 Å². The van der Waals surface area contributed by atoms with Crippen LogP contribution in [0, 0.1) is 5.82 Å². The van der Waals surface area contributed by atoms with Crippen LogP contribution in [0.5, 0.6) is 0 Å². The van der Waals surface area contributed by atoms with Crippen LogP contribution in [0.1, 0.15) is 38.1 Å². The highest BCUT2D eigenvalue weighted by molar-refractivity contribution is 6.08.